The van der Waals surface area contributed by atoms with Gasteiger partial charge in [-0.2, -0.15) is 0 Å². The minimum absolute atomic E-state index is 0.0731. The second-order valence-corrected chi connectivity index (χ2v) is 3.21. The molecule has 2 N–H and O–H groups in total. The van der Waals surface area contributed by atoms with Gasteiger partial charge in [0.15, 0.2) is 0 Å². The molecule has 0 unspecified atom stereocenters. The Bertz CT molecular complexity index is 292. The summed E-state index contributed by atoms with van der Waals surface area (Å²) < 4.78 is 25.4. The zero-order valence-electron chi connectivity index (χ0n) is 6.94. The molecular formula is C8H10F2N2. The average Bonchev–Trinajstić information content (AvgIpc) is 1.83. The van der Waals surface area contributed by atoms with E-state index in [0.717, 1.165) is 12.3 Å². The summed E-state index contributed by atoms with van der Waals surface area (Å²) in [6, 6.07) is 0.775. The highest BCUT2D eigenvalue weighted by Crippen LogP contribution is 2.17. The summed E-state index contributed by atoms with van der Waals surface area (Å²) in [5.74, 6) is -1.40. The molecule has 12 heavy (non-hydrogen) atoms. The van der Waals surface area contributed by atoms with E-state index in [1.54, 1.807) is 13.8 Å². The number of halogens is 2. The van der Waals surface area contributed by atoms with Gasteiger partial charge in [-0.15, -0.1) is 0 Å². The molecule has 0 aromatic carbocycles. The van der Waals surface area contributed by atoms with E-state index >= 15 is 0 Å². The molecule has 0 amide bonds. The number of nitrogens with zero attached hydrogens (tertiary/aromatic N) is 1. The van der Waals surface area contributed by atoms with Crippen LogP contribution in [0, 0.1) is 11.6 Å². The summed E-state index contributed by atoms with van der Waals surface area (Å²) in [5, 5.41) is 0. The predicted molar refractivity (Wildman–Crippen MR) is 41.4 cm³/mol. The van der Waals surface area contributed by atoms with Crippen molar-refractivity contribution >= 4 is 0 Å². The molecule has 0 spiro atoms. The van der Waals surface area contributed by atoms with Crippen molar-refractivity contribution in [2.24, 2.45) is 5.73 Å². The van der Waals surface area contributed by atoms with Gasteiger partial charge >= 0.3 is 0 Å². The summed E-state index contributed by atoms with van der Waals surface area (Å²) in [6.45, 7) is 3.21. The topological polar surface area (TPSA) is 38.9 Å². The molecule has 1 heterocycles. The summed E-state index contributed by atoms with van der Waals surface area (Å²) in [6.07, 6.45) is 0.951. The van der Waals surface area contributed by atoms with Gasteiger partial charge in [0.2, 0.25) is 0 Å². The lowest BCUT2D eigenvalue weighted by Gasteiger charge is -2.17. The fourth-order valence-corrected chi connectivity index (χ4v) is 0.889. The minimum atomic E-state index is -0.877. The van der Waals surface area contributed by atoms with Gasteiger partial charge in [-0.3, -0.25) is 4.98 Å². The van der Waals surface area contributed by atoms with Gasteiger partial charge in [0.1, 0.15) is 11.6 Å². The summed E-state index contributed by atoms with van der Waals surface area (Å²) in [7, 11) is 0. The van der Waals surface area contributed by atoms with Crippen LogP contribution in [0.1, 0.15) is 19.5 Å². The van der Waals surface area contributed by atoms with Gasteiger partial charge in [0.05, 0.1) is 17.4 Å². The van der Waals surface area contributed by atoms with E-state index in [1.165, 1.54) is 0 Å². The van der Waals surface area contributed by atoms with Crippen LogP contribution in [0.15, 0.2) is 12.3 Å². The lowest BCUT2D eigenvalue weighted by Crippen LogP contribution is -2.31. The van der Waals surface area contributed by atoms with Gasteiger partial charge < -0.3 is 5.73 Å². The van der Waals surface area contributed by atoms with Crippen LogP contribution in [-0.2, 0) is 5.54 Å². The Kier molecular flexibility index (Phi) is 2.10. The van der Waals surface area contributed by atoms with Crippen LogP contribution in [0.5, 0.6) is 0 Å². The molecule has 1 aromatic heterocycles. The first-order valence-corrected chi connectivity index (χ1v) is 3.51. The van der Waals surface area contributed by atoms with E-state index in [4.69, 9.17) is 5.73 Å². The summed E-state index contributed by atoms with van der Waals surface area (Å²) in [4.78, 5) is 3.57. The van der Waals surface area contributed by atoms with Crippen molar-refractivity contribution in [2.75, 3.05) is 0 Å². The summed E-state index contributed by atoms with van der Waals surface area (Å²) in [5.41, 5.74) is 4.78. The van der Waals surface area contributed by atoms with Gasteiger partial charge in [-0.05, 0) is 13.8 Å². The highest BCUT2D eigenvalue weighted by atomic mass is 19.1. The third-order valence-corrected chi connectivity index (χ3v) is 1.42. The zero-order chi connectivity index (χ0) is 9.35. The fraction of sp³-hybridized carbons (Fsp3) is 0.375. The molecule has 0 saturated heterocycles. The number of nitrogens with two attached hydrogens (primary N) is 1. The van der Waals surface area contributed by atoms with Crippen LogP contribution in [0.2, 0.25) is 0 Å². The number of aromatic nitrogens is 1. The van der Waals surface area contributed by atoms with E-state index < -0.39 is 17.2 Å². The smallest absolute Gasteiger partial charge is 0.149 e. The van der Waals surface area contributed by atoms with E-state index in [9.17, 15) is 8.78 Å². The Morgan fingerprint density at radius 2 is 2.00 bits per heavy atom. The van der Waals surface area contributed by atoms with E-state index in [-0.39, 0.29) is 5.69 Å². The Morgan fingerprint density at radius 3 is 2.42 bits per heavy atom. The maximum atomic E-state index is 13.0. The lowest BCUT2D eigenvalue weighted by molar-refractivity contribution is 0.471. The third-order valence-electron chi connectivity index (χ3n) is 1.42. The lowest BCUT2D eigenvalue weighted by atomic mass is 10.0. The number of hydrogen-bond acceptors (Lipinski definition) is 2. The van der Waals surface area contributed by atoms with Crippen molar-refractivity contribution in [3.05, 3.63) is 29.6 Å². The average molecular weight is 172 g/mol. The molecule has 1 rings (SSSR count). The molecule has 0 radical (unpaired) electrons. The van der Waals surface area contributed by atoms with Crippen LogP contribution >= 0.6 is 0 Å². The van der Waals surface area contributed by atoms with E-state index in [1.807, 2.05) is 0 Å². The standard InChI is InChI=1S/C8H10F2N2/c1-8(2,11)7-6(10)3-5(9)4-12-7/h3-4H,11H2,1-2H3. The van der Waals surface area contributed by atoms with Crippen molar-refractivity contribution in [3.8, 4) is 0 Å². The highest BCUT2D eigenvalue weighted by molar-refractivity contribution is 5.15. The largest absolute Gasteiger partial charge is 0.320 e. The molecule has 0 bridgehead atoms. The molecule has 1 aromatic rings. The van der Waals surface area contributed by atoms with Gasteiger partial charge in [-0.25, -0.2) is 8.78 Å². The fourth-order valence-electron chi connectivity index (χ4n) is 0.889. The van der Waals surface area contributed by atoms with Crippen LogP contribution < -0.4 is 5.73 Å². The van der Waals surface area contributed by atoms with Crippen LogP contribution in [-0.4, -0.2) is 4.98 Å². The predicted octanol–water partition coefficient (Wildman–Crippen LogP) is 1.55. The Labute approximate surface area is 69.4 Å². The third kappa shape index (κ3) is 1.76. The number of rotatable bonds is 1. The van der Waals surface area contributed by atoms with Crippen molar-refractivity contribution in [3.63, 3.8) is 0 Å². The monoisotopic (exact) mass is 172 g/mol. The molecule has 0 aliphatic carbocycles. The first-order chi connectivity index (χ1) is 5.41. The minimum Gasteiger partial charge on any atom is -0.320 e. The molecule has 66 valence electrons. The first-order valence-electron chi connectivity index (χ1n) is 3.51. The quantitative estimate of drug-likeness (QED) is 0.698. The molecule has 0 aliphatic heterocycles. The van der Waals surface area contributed by atoms with Gasteiger partial charge in [0, 0.05) is 6.07 Å². The summed E-state index contributed by atoms with van der Waals surface area (Å²) >= 11 is 0. The van der Waals surface area contributed by atoms with Gasteiger partial charge in [-0.1, -0.05) is 0 Å². The first kappa shape index (κ1) is 9.06. The SMILES string of the molecule is CC(C)(N)c1ncc(F)cc1F. The van der Waals surface area contributed by atoms with E-state index in [2.05, 4.69) is 4.98 Å². The molecule has 0 saturated carbocycles. The second-order valence-electron chi connectivity index (χ2n) is 3.21. The van der Waals surface area contributed by atoms with Crippen molar-refractivity contribution in [1.29, 1.82) is 0 Å². The maximum absolute atomic E-state index is 13.0. The Balaban J connectivity index is 3.19. The van der Waals surface area contributed by atoms with Crippen molar-refractivity contribution < 1.29 is 8.78 Å². The van der Waals surface area contributed by atoms with Gasteiger partial charge in [0.25, 0.3) is 0 Å². The molecular weight excluding hydrogens is 162 g/mol. The molecule has 0 atom stereocenters. The van der Waals surface area contributed by atoms with Crippen LogP contribution in [0.3, 0.4) is 0 Å². The molecule has 2 nitrogen and oxygen atoms in total. The van der Waals surface area contributed by atoms with Crippen LogP contribution in [0.25, 0.3) is 0 Å². The zero-order valence-corrected chi connectivity index (χ0v) is 6.94. The molecule has 4 heteroatoms. The normalized spacial score (nSPS) is 11.8. The molecule has 0 aliphatic rings. The highest BCUT2D eigenvalue weighted by Gasteiger charge is 2.20. The van der Waals surface area contributed by atoms with Crippen LogP contribution in [0.4, 0.5) is 8.78 Å². The Morgan fingerprint density at radius 1 is 1.42 bits per heavy atom. The number of hydrogen-bond donors (Lipinski definition) is 1. The number of pyridine rings is 1. The second kappa shape index (κ2) is 2.79. The van der Waals surface area contributed by atoms with Crippen molar-refractivity contribution in [2.45, 2.75) is 19.4 Å². The molecule has 0 fully saturated rings. The maximum Gasteiger partial charge on any atom is 0.149 e. The van der Waals surface area contributed by atoms with Crippen molar-refractivity contribution in [1.82, 2.24) is 4.98 Å². The Hall–Kier alpha value is -1.03. The van der Waals surface area contributed by atoms with E-state index in [0.29, 0.717) is 0 Å².